The van der Waals surface area contributed by atoms with Gasteiger partial charge in [0.1, 0.15) is 11.2 Å². The molecule has 1 aromatic carbocycles. The Balaban J connectivity index is 1.55. The molecule has 29 heavy (non-hydrogen) atoms. The lowest BCUT2D eigenvalue weighted by Gasteiger charge is -2.22. The van der Waals surface area contributed by atoms with Crippen LogP contribution in [0, 0.1) is 22.7 Å². The lowest BCUT2D eigenvalue weighted by atomic mass is 9.81. The van der Waals surface area contributed by atoms with Crippen molar-refractivity contribution in [3.63, 3.8) is 0 Å². The molecule has 8 nitrogen and oxygen atoms in total. The minimum absolute atomic E-state index is 0.0997. The van der Waals surface area contributed by atoms with E-state index in [1.807, 2.05) is 6.92 Å². The SMILES string of the molecule is CNC(=O)c1ccc(Nc2nccc(N3C(=O)[C@](C#N)(C4CC4)C[C@H]3C)n2)cc1. The molecular weight excluding hydrogens is 368 g/mol. The van der Waals surface area contributed by atoms with Gasteiger partial charge in [-0.15, -0.1) is 0 Å². The number of rotatable bonds is 5. The van der Waals surface area contributed by atoms with Gasteiger partial charge in [-0.3, -0.25) is 14.5 Å². The number of nitrogens with one attached hydrogen (secondary N) is 2. The van der Waals surface area contributed by atoms with E-state index in [9.17, 15) is 14.9 Å². The minimum atomic E-state index is -0.923. The highest BCUT2D eigenvalue weighted by atomic mass is 16.2. The number of carbonyl (C=O) groups is 2. The molecule has 148 valence electrons. The van der Waals surface area contributed by atoms with E-state index in [2.05, 4.69) is 26.7 Å². The number of anilines is 3. The van der Waals surface area contributed by atoms with Gasteiger partial charge < -0.3 is 10.6 Å². The van der Waals surface area contributed by atoms with Crippen molar-refractivity contribution in [2.24, 2.45) is 11.3 Å². The van der Waals surface area contributed by atoms with E-state index < -0.39 is 5.41 Å². The maximum Gasteiger partial charge on any atom is 0.251 e. The fourth-order valence-electron chi connectivity index (χ4n) is 4.01. The highest BCUT2D eigenvalue weighted by Gasteiger charge is 2.59. The van der Waals surface area contributed by atoms with E-state index in [4.69, 9.17) is 0 Å². The zero-order chi connectivity index (χ0) is 20.6. The van der Waals surface area contributed by atoms with Crippen molar-refractivity contribution in [2.45, 2.75) is 32.2 Å². The Morgan fingerprint density at radius 2 is 2.00 bits per heavy atom. The zero-order valence-electron chi connectivity index (χ0n) is 16.3. The third-order valence-corrected chi connectivity index (χ3v) is 5.65. The third-order valence-electron chi connectivity index (χ3n) is 5.65. The Morgan fingerprint density at radius 1 is 1.28 bits per heavy atom. The van der Waals surface area contributed by atoms with Gasteiger partial charge in [-0.2, -0.15) is 10.2 Å². The van der Waals surface area contributed by atoms with Gasteiger partial charge in [0.25, 0.3) is 5.91 Å². The number of hydrogen-bond acceptors (Lipinski definition) is 6. The third kappa shape index (κ3) is 3.29. The molecule has 0 spiro atoms. The van der Waals surface area contributed by atoms with Gasteiger partial charge >= 0.3 is 0 Å². The topological polar surface area (TPSA) is 111 Å². The molecule has 4 rings (SSSR count). The first-order valence-electron chi connectivity index (χ1n) is 9.65. The lowest BCUT2D eigenvalue weighted by Crippen LogP contribution is -2.37. The first-order chi connectivity index (χ1) is 14.0. The summed E-state index contributed by atoms with van der Waals surface area (Å²) < 4.78 is 0. The molecule has 1 saturated heterocycles. The number of carbonyl (C=O) groups excluding carboxylic acids is 2. The number of nitrogens with zero attached hydrogens (tertiary/aromatic N) is 4. The molecule has 2 atom stereocenters. The normalized spacial score (nSPS) is 23.6. The molecule has 1 saturated carbocycles. The highest BCUT2D eigenvalue weighted by Crippen LogP contribution is 2.53. The van der Waals surface area contributed by atoms with Crippen molar-refractivity contribution in [1.29, 1.82) is 5.26 Å². The number of benzene rings is 1. The number of nitriles is 1. The predicted octanol–water partition coefficient (Wildman–Crippen LogP) is 2.62. The van der Waals surface area contributed by atoms with Crippen LogP contribution in [0.1, 0.15) is 36.5 Å². The maximum atomic E-state index is 13.1. The van der Waals surface area contributed by atoms with Gasteiger partial charge in [0, 0.05) is 30.5 Å². The Hall–Kier alpha value is -3.47. The van der Waals surface area contributed by atoms with E-state index in [-0.39, 0.29) is 23.8 Å². The Bertz CT molecular complexity index is 995. The van der Waals surface area contributed by atoms with E-state index in [1.165, 1.54) is 0 Å². The molecule has 1 aliphatic carbocycles. The molecule has 2 aliphatic rings. The summed E-state index contributed by atoms with van der Waals surface area (Å²) in [7, 11) is 1.58. The van der Waals surface area contributed by atoms with Crippen molar-refractivity contribution in [3.05, 3.63) is 42.1 Å². The van der Waals surface area contributed by atoms with Crippen LogP contribution in [0.5, 0.6) is 0 Å². The summed E-state index contributed by atoms with van der Waals surface area (Å²) in [5, 5.41) is 15.4. The van der Waals surface area contributed by atoms with Crippen LogP contribution < -0.4 is 15.5 Å². The average Bonchev–Trinajstić information content (AvgIpc) is 3.54. The molecule has 2 fully saturated rings. The molecule has 8 heteroatoms. The van der Waals surface area contributed by atoms with E-state index in [1.54, 1.807) is 48.5 Å². The monoisotopic (exact) mass is 390 g/mol. The van der Waals surface area contributed by atoms with E-state index >= 15 is 0 Å². The summed E-state index contributed by atoms with van der Waals surface area (Å²) in [5.41, 5.74) is 0.352. The van der Waals surface area contributed by atoms with Gasteiger partial charge in [0.05, 0.1) is 6.07 Å². The molecule has 2 amide bonds. The molecule has 0 radical (unpaired) electrons. The second kappa shape index (κ2) is 7.17. The second-order valence-corrected chi connectivity index (χ2v) is 7.61. The molecule has 1 aliphatic heterocycles. The van der Waals surface area contributed by atoms with Crippen molar-refractivity contribution in [1.82, 2.24) is 15.3 Å². The van der Waals surface area contributed by atoms with Crippen LogP contribution in [0.2, 0.25) is 0 Å². The van der Waals surface area contributed by atoms with E-state index in [0.29, 0.717) is 23.8 Å². The van der Waals surface area contributed by atoms with Crippen LogP contribution in [0.25, 0.3) is 0 Å². The van der Waals surface area contributed by atoms with Gasteiger partial charge in [0.15, 0.2) is 0 Å². The number of hydrogen-bond donors (Lipinski definition) is 2. The fraction of sp³-hybridized carbons (Fsp3) is 0.381. The summed E-state index contributed by atoms with van der Waals surface area (Å²) >= 11 is 0. The zero-order valence-corrected chi connectivity index (χ0v) is 16.3. The van der Waals surface area contributed by atoms with Crippen LogP contribution in [0.3, 0.4) is 0 Å². The Kier molecular flexibility index (Phi) is 4.66. The smallest absolute Gasteiger partial charge is 0.251 e. The molecular formula is C21H22N6O2. The van der Waals surface area contributed by atoms with Gasteiger partial charge in [-0.05, 0) is 62.4 Å². The molecule has 2 heterocycles. The van der Waals surface area contributed by atoms with Crippen LogP contribution in [0.15, 0.2) is 36.5 Å². The number of aromatic nitrogens is 2. The average molecular weight is 390 g/mol. The summed E-state index contributed by atoms with van der Waals surface area (Å²) in [6.45, 7) is 1.95. The maximum absolute atomic E-state index is 13.1. The van der Waals surface area contributed by atoms with Crippen LogP contribution >= 0.6 is 0 Å². The summed E-state index contributed by atoms with van der Waals surface area (Å²) in [6.07, 6.45) is 3.98. The Labute approximate surface area is 169 Å². The van der Waals surface area contributed by atoms with Crippen LogP contribution in [0.4, 0.5) is 17.5 Å². The summed E-state index contributed by atoms with van der Waals surface area (Å²) in [4.78, 5) is 35.1. The van der Waals surface area contributed by atoms with Gasteiger partial charge in [-0.1, -0.05) is 0 Å². The summed E-state index contributed by atoms with van der Waals surface area (Å²) in [6, 6.07) is 10.8. The highest BCUT2D eigenvalue weighted by molar-refractivity contribution is 6.02. The van der Waals surface area contributed by atoms with Gasteiger partial charge in [-0.25, -0.2) is 4.98 Å². The standard InChI is InChI=1S/C21H22N6O2/c1-13-11-21(12-22,15-5-6-15)19(29)27(13)17-9-10-24-20(26-17)25-16-7-3-14(4-8-16)18(28)23-2/h3-4,7-10,13,15H,5-6,11H2,1-2H3,(H,23,28)(H,24,25,26)/t13-,21-/m1/s1. The predicted molar refractivity (Wildman–Crippen MR) is 107 cm³/mol. The largest absolute Gasteiger partial charge is 0.355 e. The molecule has 2 aromatic rings. The van der Waals surface area contributed by atoms with Crippen molar-refractivity contribution >= 4 is 29.3 Å². The fourth-order valence-corrected chi connectivity index (χ4v) is 4.01. The van der Waals surface area contributed by atoms with E-state index in [0.717, 1.165) is 18.5 Å². The minimum Gasteiger partial charge on any atom is -0.355 e. The van der Waals surface area contributed by atoms with Crippen molar-refractivity contribution in [2.75, 3.05) is 17.3 Å². The van der Waals surface area contributed by atoms with Crippen LogP contribution in [-0.2, 0) is 4.79 Å². The first-order valence-corrected chi connectivity index (χ1v) is 9.65. The van der Waals surface area contributed by atoms with Crippen LogP contribution in [-0.4, -0.2) is 34.9 Å². The lowest BCUT2D eigenvalue weighted by molar-refractivity contribution is -0.123. The Morgan fingerprint density at radius 3 is 2.62 bits per heavy atom. The second-order valence-electron chi connectivity index (χ2n) is 7.61. The number of amides is 2. The molecule has 1 aromatic heterocycles. The molecule has 2 N–H and O–H groups in total. The first kappa shape index (κ1) is 18.9. The molecule has 0 unspecified atom stereocenters. The van der Waals surface area contributed by atoms with Gasteiger partial charge in [0.2, 0.25) is 11.9 Å². The van der Waals surface area contributed by atoms with Crippen molar-refractivity contribution < 1.29 is 9.59 Å². The summed E-state index contributed by atoms with van der Waals surface area (Å²) in [5.74, 6) is 0.670. The molecule has 0 bridgehead atoms. The quantitative estimate of drug-likeness (QED) is 0.812. The van der Waals surface area contributed by atoms with Crippen molar-refractivity contribution in [3.8, 4) is 6.07 Å².